The van der Waals surface area contributed by atoms with Crippen LogP contribution >= 0.6 is 0 Å². The summed E-state index contributed by atoms with van der Waals surface area (Å²) < 4.78 is 12.1. The van der Waals surface area contributed by atoms with Crippen molar-refractivity contribution in [3.8, 4) is 5.75 Å². The van der Waals surface area contributed by atoms with Crippen LogP contribution in [0.4, 0.5) is 0 Å². The number of hydrogen-bond donors (Lipinski definition) is 1. The minimum Gasteiger partial charge on any atom is -0.497 e. The van der Waals surface area contributed by atoms with Gasteiger partial charge in [0.05, 0.1) is 25.7 Å². The van der Waals surface area contributed by atoms with Crippen molar-refractivity contribution in [1.29, 1.82) is 0 Å². The first-order valence-corrected chi connectivity index (χ1v) is 8.01. The zero-order valence-corrected chi connectivity index (χ0v) is 14.6. The first kappa shape index (κ1) is 17.2. The SMILES string of the molecule is COC(=O)[C@H]1N[C@H](C)c2c(n(C)c3cc(OC)ccc23)[C@@H]1C[N+](=O)[O-]. The van der Waals surface area contributed by atoms with E-state index in [0.717, 1.165) is 22.2 Å². The van der Waals surface area contributed by atoms with Crippen LogP contribution in [0.15, 0.2) is 18.2 Å². The highest BCUT2D eigenvalue weighted by molar-refractivity contribution is 5.89. The Morgan fingerprint density at radius 1 is 1.40 bits per heavy atom. The maximum atomic E-state index is 12.2. The van der Waals surface area contributed by atoms with E-state index in [2.05, 4.69) is 5.32 Å². The Kier molecular flexibility index (Phi) is 4.38. The maximum Gasteiger partial charge on any atom is 0.323 e. The van der Waals surface area contributed by atoms with Gasteiger partial charge in [0.2, 0.25) is 6.54 Å². The molecule has 3 rings (SSSR count). The molecule has 3 atom stereocenters. The fourth-order valence-corrected chi connectivity index (χ4v) is 3.83. The highest BCUT2D eigenvalue weighted by atomic mass is 16.6. The van der Waals surface area contributed by atoms with Gasteiger partial charge in [0.25, 0.3) is 0 Å². The summed E-state index contributed by atoms with van der Waals surface area (Å²) in [6, 6.07) is 4.82. The van der Waals surface area contributed by atoms with Gasteiger partial charge in [-0.1, -0.05) is 0 Å². The fraction of sp³-hybridized carbons (Fsp3) is 0.471. The van der Waals surface area contributed by atoms with E-state index >= 15 is 0 Å². The van der Waals surface area contributed by atoms with Gasteiger partial charge in [0.1, 0.15) is 11.8 Å². The molecule has 0 bridgehead atoms. The molecular weight excluding hydrogens is 326 g/mol. The van der Waals surface area contributed by atoms with E-state index in [9.17, 15) is 14.9 Å². The molecule has 0 aliphatic carbocycles. The second-order valence-electron chi connectivity index (χ2n) is 6.25. The molecule has 2 aromatic rings. The third-order valence-corrected chi connectivity index (χ3v) is 4.91. The second kappa shape index (κ2) is 6.36. The summed E-state index contributed by atoms with van der Waals surface area (Å²) in [5.41, 5.74) is 2.69. The van der Waals surface area contributed by atoms with Crippen molar-refractivity contribution in [2.24, 2.45) is 7.05 Å². The Morgan fingerprint density at radius 3 is 2.72 bits per heavy atom. The number of aromatic nitrogens is 1. The molecule has 1 N–H and O–H groups in total. The van der Waals surface area contributed by atoms with Crippen LogP contribution in [0.1, 0.15) is 30.1 Å². The number of methoxy groups -OCH3 is 2. The molecule has 8 nitrogen and oxygen atoms in total. The van der Waals surface area contributed by atoms with Crippen molar-refractivity contribution in [3.05, 3.63) is 39.6 Å². The van der Waals surface area contributed by atoms with Gasteiger partial charge in [-0.2, -0.15) is 0 Å². The Hall–Kier alpha value is -2.61. The van der Waals surface area contributed by atoms with Crippen LogP contribution in [0.2, 0.25) is 0 Å². The van der Waals surface area contributed by atoms with Gasteiger partial charge < -0.3 is 14.0 Å². The number of nitro groups is 1. The van der Waals surface area contributed by atoms with Crippen LogP contribution in [0.3, 0.4) is 0 Å². The van der Waals surface area contributed by atoms with E-state index in [1.165, 1.54) is 7.11 Å². The number of benzene rings is 1. The molecule has 1 aliphatic rings. The van der Waals surface area contributed by atoms with Gasteiger partial charge in [0.15, 0.2) is 0 Å². The molecular formula is C17H21N3O5. The Bertz CT molecular complexity index is 844. The van der Waals surface area contributed by atoms with Crippen LogP contribution in [0.5, 0.6) is 5.75 Å². The molecule has 134 valence electrons. The maximum absolute atomic E-state index is 12.2. The molecule has 1 aromatic heterocycles. The summed E-state index contributed by atoms with van der Waals surface area (Å²) >= 11 is 0. The fourth-order valence-electron chi connectivity index (χ4n) is 3.83. The first-order chi connectivity index (χ1) is 11.9. The summed E-state index contributed by atoms with van der Waals surface area (Å²) in [4.78, 5) is 23.1. The number of carbonyl (C=O) groups is 1. The number of rotatable bonds is 4. The normalized spacial score (nSPS) is 22.5. The molecule has 0 radical (unpaired) electrons. The van der Waals surface area contributed by atoms with Crippen LogP contribution < -0.4 is 10.1 Å². The van der Waals surface area contributed by atoms with Crippen LogP contribution in [-0.4, -0.2) is 42.3 Å². The lowest BCUT2D eigenvalue weighted by Crippen LogP contribution is -2.49. The molecule has 8 heteroatoms. The number of fused-ring (bicyclic) bond motifs is 3. The minimum absolute atomic E-state index is 0.140. The second-order valence-corrected chi connectivity index (χ2v) is 6.25. The lowest BCUT2D eigenvalue weighted by molar-refractivity contribution is -0.484. The highest BCUT2D eigenvalue weighted by Crippen LogP contribution is 2.41. The number of aryl methyl sites for hydroxylation is 1. The molecule has 0 saturated carbocycles. The molecule has 1 aromatic carbocycles. The van der Waals surface area contributed by atoms with Crippen LogP contribution in [-0.2, 0) is 16.6 Å². The van der Waals surface area contributed by atoms with E-state index in [1.807, 2.05) is 36.7 Å². The van der Waals surface area contributed by atoms with Gasteiger partial charge in [0, 0.05) is 35.2 Å². The number of ether oxygens (including phenoxy) is 2. The van der Waals surface area contributed by atoms with Crippen LogP contribution in [0.25, 0.3) is 10.9 Å². The van der Waals surface area contributed by atoms with Gasteiger partial charge >= 0.3 is 5.97 Å². The van der Waals surface area contributed by atoms with Crippen LogP contribution in [0, 0.1) is 10.1 Å². The molecule has 0 amide bonds. The lowest BCUT2D eigenvalue weighted by atomic mass is 9.85. The molecule has 0 unspecified atom stereocenters. The number of nitrogens with zero attached hydrogens (tertiary/aromatic N) is 2. The Labute approximate surface area is 144 Å². The lowest BCUT2D eigenvalue weighted by Gasteiger charge is -2.33. The zero-order chi connectivity index (χ0) is 18.3. The third-order valence-electron chi connectivity index (χ3n) is 4.91. The van der Waals surface area contributed by atoms with Crippen molar-refractivity contribution in [2.75, 3.05) is 20.8 Å². The Balaban J connectivity index is 2.25. The predicted molar refractivity (Wildman–Crippen MR) is 91.4 cm³/mol. The van der Waals surface area contributed by atoms with E-state index < -0.39 is 17.9 Å². The van der Waals surface area contributed by atoms with E-state index in [0.29, 0.717) is 5.75 Å². The first-order valence-electron chi connectivity index (χ1n) is 8.01. The molecule has 0 fully saturated rings. The van der Waals surface area contributed by atoms with Gasteiger partial charge in [-0.15, -0.1) is 0 Å². The number of nitrogens with one attached hydrogen (secondary N) is 1. The number of esters is 1. The monoisotopic (exact) mass is 347 g/mol. The van der Waals surface area contributed by atoms with Gasteiger partial charge in [-0.25, -0.2) is 0 Å². The van der Waals surface area contributed by atoms with Gasteiger partial charge in [-0.3, -0.25) is 20.2 Å². The standard InChI is InChI=1S/C17H21N3O5/c1-9-14-11-6-5-10(24-3)7-13(11)19(2)16(14)12(8-20(22)23)15(18-9)17(21)25-4/h5-7,9,12,15,18H,8H2,1-4H3/t9-,12-,15+/m1/s1. The molecule has 1 aliphatic heterocycles. The summed E-state index contributed by atoms with van der Waals surface area (Å²) in [7, 11) is 4.75. The van der Waals surface area contributed by atoms with Crippen molar-refractivity contribution in [3.63, 3.8) is 0 Å². The smallest absolute Gasteiger partial charge is 0.323 e. The molecule has 0 spiro atoms. The largest absolute Gasteiger partial charge is 0.497 e. The third kappa shape index (κ3) is 2.72. The summed E-state index contributed by atoms with van der Waals surface area (Å²) in [5.74, 6) is -0.398. The van der Waals surface area contributed by atoms with Crippen molar-refractivity contribution in [2.45, 2.75) is 24.9 Å². The van der Waals surface area contributed by atoms with E-state index in [4.69, 9.17) is 9.47 Å². The molecule has 25 heavy (non-hydrogen) atoms. The number of carbonyl (C=O) groups excluding carboxylic acids is 1. The average Bonchev–Trinajstić information content (AvgIpc) is 2.89. The predicted octanol–water partition coefficient (Wildman–Crippen LogP) is 1.75. The topological polar surface area (TPSA) is 95.6 Å². The minimum atomic E-state index is -0.761. The quantitative estimate of drug-likeness (QED) is 0.514. The summed E-state index contributed by atoms with van der Waals surface area (Å²) in [6.45, 7) is 1.59. The summed E-state index contributed by atoms with van der Waals surface area (Å²) in [5, 5.41) is 15.4. The van der Waals surface area contributed by atoms with Crippen molar-refractivity contribution in [1.82, 2.24) is 9.88 Å². The average molecular weight is 347 g/mol. The molecule has 2 heterocycles. The molecule has 0 saturated heterocycles. The van der Waals surface area contributed by atoms with Gasteiger partial charge in [-0.05, 0) is 24.6 Å². The summed E-state index contributed by atoms with van der Waals surface area (Å²) in [6.07, 6.45) is 0. The van der Waals surface area contributed by atoms with Crippen molar-refractivity contribution >= 4 is 16.9 Å². The number of hydrogen-bond acceptors (Lipinski definition) is 6. The highest BCUT2D eigenvalue weighted by Gasteiger charge is 2.43. The Morgan fingerprint density at radius 2 is 2.12 bits per heavy atom. The van der Waals surface area contributed by atoms with Crippen molar-refractivity contribution < 1.29 is 19.2 Å². The zero-order valence-electron chi connectivity index (χ0n) is 14.6. The van der Waals surface area contributed by atoms with E-state index in [-0.39, 0.29) is 17.5 Å². The van der Waals surface area contributed by atoms with E-state index in [1.54, 1.807) is 7.11 Å².